The molecule has 1 fully saturated rings. The predicted molar refractivity (Wildman–Crippen MR) is 76.1 cm³/mol. The molecule has 0 amide bonds. The number of ketones is 1. The molecule has 1 aromatic heterocycles. The maximum absolute atomic E-state index is 11.8. The van der Waals surface area contributed by atoms with Crippen molar-refractivity contribution in [1.82, 2.24) is 4.98 Å². The predicted octanol–water partition coefficient (Wildman–Crippen LogP) is 1.70. The molecule has 2 aliphatic rings. The Balaban J connectivity index is 1.78. The van der Waals surface area contributed by atoms with Gasteiger partial charge in [-0.15, -0.1) is 0 Å². The molecule has 1 aliphatic heterocycles. The molecule has 0 spiro atoms. The van der Waals surface area contributed by atoms with Gasteiger partial charge in [0.15, 0.2) is 0 Å². The van der Waals surface area contributed by atoms with Gasteiger partial charge >= 0.3 is 0 Å². The van der Waals surface area contributed by atoms with Crippen LogP contribution in [-0.2, 0) is 14.8 Å². The summed E-state index contributed by atoms with van der Waals surface area (Å²) in [4.78, 5) is 16.0. The van der Waals surface area contributed by atoms with E-state index in [2.05, 4.69) is 4.98 Å². The third-order valence-corrected chi connectivity index (χ3v) is 5.17. The summed E-state index contributed by atoms with van der Waals surface area (Å²) in [6.45, 7) is 0.406. The van der Waals surface area contributed by atoms with E-state index in [9.17, 15) is 13.2 Å². The molecule has 0 N–H and O–H groups in total. The Morgan fingerprint density at radius 3 is 2.85 bits per heavy atom. The van der Waals surface area contributed by atoms with E-state index >= 15 is 0 Å². The van der Waals surface area contributed by atoms with Crippen molar-refractivity contribution in [2.75, 3.05) is 17.1 Å². The highest BCUT2D eigenvalue weighted by Crippen LogP contribution is 2.39. The quantitative estimate of drug-likeness (QED) is 0.829. The maximum Gasteiger partial charge on any atom is 0.233 e. The second kappa shape index (κ2) is 4.84. The number of hydrogen-bond donors (Lipinski definition) is 0. The molecule has 1 saturated carbocycles. The Kier molecular flexibility index (Phi) is 3.28. The lowest BCUT2D eigenvalue weighted by Crippen LogP contribution is -2.29. The van der Waals surface area contributed by atoms with Crippen LogP contribution in [0.1, 0.15) is 37.2 Å². The molecule has 1 atom stereocenters. The fraction of sp³-hybridized carbons (Fsp3) is 0.571. The molecule has 3 rings (SSSR count). The zero-order valence-electron chi connectivity index (χ0n) is 11.4. The molecule has 1 unspecified atom stereocenters. The topological polar surface area (TPSA) is 67.3 Å². The third-order valence-electron chi connectivity index (χ3n) is 4.05. The molecule has 0 bridgehead atoms. The molecule has 2 heterocycles. The Morgan fingerprint density at radius 2 is 2.20 bits per heavy atom. The summed E-state index contributed by atoms with van der Waals surface area (Å²) in [5.41, 5.74) is 0.946. The van der Waals surface area contributed by atoms with Crippen molar-refractivity contribution in [2.24, 2.45) is 5.92 Å². The first-order valence-electron chi connectivity index (χ1n) is 6.92. The van der Waals surface area contributed by atoms with Crippen molar-refractivity contribution in [3.63, 3.8) is 0 Å². The van der Waals surface area contributed by atoms with Gasteiger partial charge in [0.25, 0.3) is 0 Å². The van der Waals surface area contributed by atoms with E-state index in [-0.39, 0.29) is 11.8 Å². The van der Waals surface area contributed by atoms with E-state index in [0.717, 1.165) is 18.4 Å². The van der Waals surface area contributed by atoms with Crippen LogP contribution in [0.15, 0.2) is 18.3 Å². The molecule has 0 saturated heterocycles. The van der Waals surface area contributed by atoms with Crippen molar-refractivity contribution in [2.45, 2.75) is 31.6 Å². The van der Waals surface area contributed by atoms with Crippen LogP contribution in [0.4, 0.5) is 5.82 Å². The zero-order valence-corrected chi connectivity index (χ0v) is 12.3. The number of rotatable bonds is 5. The number of sulfonamides is 1. The lowest BCUT2D eigenvalue weighted by Gasteiger charge is -2.15. The van der Waals surface area contributed by atoms with Crippen LogP contribution in [-0.4, -0.2) is 32.0 Å². The average molecular weight is 294 g/mol. The van der Waals surface area contributed by atoms with Crippen LogP contribution < -0.4 is 4.31 Å². The highest BCUT2D eigenvalue weighted by Gasteiger charge is 2.36. The maximum atomic E-state index is 11.8. The third kappa shape index (κ3) is 2.57. The fourth-order valence-electron chi connectivity index (χ4n) is 2.79. The molecule has 1 aliphatic carbocycles. The highest BCUT2D eigenvalue weighted by atomic mass is 32.2. The molecular formula is C14H18N2O3S. The minimum Gasteiger partial charge on any atom is -0.299 e. The number of anilines is 1. The van der Waals surface area contributed by atoms with Gasteiger partial charge in [0.05, 0.1) is 6.26 Å². The lowest BCUT2D eigenvalue weighted by atomic mass is 9.95. The van der Waals surface area contributed by atoms with E-state index in [4.69, 9.17) is 0 Å². The Labute approximate surface area is 119 Å². The van der Waals surface area contributed by atoms with E-state index in [1.54, 1.807) is 6.20 Å². The Bertz CT molecular complexity index is 638. The van der Waals surface area contributed by atoms with Crippen LogP contribution in [0.3, 0.4) is 0 Å². The molecule has 0 radical (unpaired) electrons. The number of pyridine rings is 1. The Hall–Kier alpha value is -1.43. The van der Waals surface area contributed by atoms with Crippen LogP contribution in [0, 0.1) is 5.92 Å². The normalized spacial score (nSPS) is 21.9. The zero-order chi connectivity index (χ0) is 14.3. The number of Topliss-reactive ketones (excluding diaryl/α,β-unsaturated/α-hetero) is 1. The fourth-order valence-corrected chi connectivity index (χ4v) is 3.70. The molecule has 108 valence electrons. The summed E-state index contributed by atoms with van der Waals surface area (Å²) in [5.74, 6) is 1.21. The number of carbonyl (C=O) groups excluding carboxylic acids is 1. The minimum atomic E-state index is -3.31. The van der Waals surface area contributed by atoms with Crippen molar-refractivity contribution in [3.05, 3.63) is 23.9 Å². The van der Waals surface area contributed by atoms with Crippen molar-refractivity contribution in [3.8, 4) is 0 Å². The van der Waals surface area contributed by atoms with E-state index in [1.165, 1.54) is 10.6 Å². The van der Waals surface area contributed by atoms with Gasteiger partial charge in [-0.05, 0) is 25.3 Å². The van der Waals surface area contributed by atoms with Gasteiger partial charge in [0.1, 0.15) is 11.6 Å². The number of carbonyl (C=O) groups is 1. The lowest BCUT2D eigenvalue weighted by molar-refractivity contribution is -0.120. The second-order valence-corrected chi connectivity index (χ2v) is 7.59. The number of nitrogens with zero attached hydrogens (tertiary/aromatic N) is 2. The van der Waals surface area contributed by atoms with Crippen molar-refractivity contribution >= 4 is 21.6 Å². The summed E-state index contributed by atoms with van der Waals surface area (Å²) >= 11 is 0. The molecular weight excluding hydrogens is 276 g/mol. The highest BCUT2D eigenvalue weighted by molar-refractivity contribution is 7.92. The number of hydrogen-bond acceptors (Lipinski definition) is 4. The summed E-state index contributed by atoms with van der Waals surface area (Å²) in [6, 6.07) is 3.74. The average Bonchev–Trinajstić information content (AvgIpc) is 3.17. The summed E-state index contributed by atoms with van der Waals surface area (Å²) < 4.78 is 25.0. The van der Waals surface area contributed by atoms with Crippen LogP contribution in [0.5, 0.6) is 0 Å². The van der Waals surface area contributed by atoms with Crippen LogP contribution >= 0.6 is 0 Å². The van der Waals surface area contributed by atoms with E-state index in [1.807, 2.05) is 12.1 Å². The van der Waals surface area contributed by atoms with E-state index < -0.39 is 10.0 Å². The smallest absolute Gasteiger partial charge is 0.233 e. The first-order chi connectivity index (χ1) is 9.47. The summed E-state index contributed by atoms with van der Waals surface area (Å²) in [5, 5.41) is 0. The molecule has 5 nitrogen and oxygen atoms in total. The molecule has 0 aromatic carbocycles. The van der Waals surface area contributed by atoms with Crippen molar-refractivity contribution in [1.29, 1.82) is 0 Å². The molecule has 20 heavy (non-hydrogen) atoms. The minimum absolute atomic E-state index is 0.0797. The van der Waals surface area contributed by atoms with Gasteiger partial charge in [0.2, 0.25) is 10.0 Å². The van der Waals surface area contributed by atoms with Gasteiger partial charge in [-0.25, -0.2) is 13.4 Å². The second-order valence-electron chi connectivity index (χ2n) is 5.69. The standard InChI is InChI=1S/C14H18N2O3S/c1-20(18,19)16-9-11(6-7-13(17)10-4-5-10)12-3-2-8-15-14(12)16/h2-3,8,10-11H,4-7,9H2,1H3. The number of fused-ring (bicyclic) bond motifs is 1. The first-order valence-corrected chi connectivity index (χ1v) is 8.77. The van der Waals surface area contributed by atoms with Gasteiger partial charge < -0.3 is 0 Å². The van der Waals surface area contributed by atoms with Crippen LogP contribution in [0.25, 0.3) is 0 Å². The molecule has 1 aromatic rings. The Morgan fingerprint density at radius 1 is 1.45 bits per heavy atom. The monoisotopic (exact) mass is 294 g/mol. The van der Waals surface area contributed by atoms with E-state index in [0.29, 0.717) is 31.0 Å². The number of aromatic nitrogens is 1. The van der Waals surface area contributed by atoms with Gasteiger partial charge in [0, 0.05) is 36.6 Å². The van der Waals surface area contributed by atoms with Gasteiger partial charge in [-0.3, -0.25) is 9.10 Å². The van der Waals surface area contributed by atoms with Crippen LogP contribution in [0.2, 0.25) is 0 Å². The van der Waals surface area contributed by atoms with Crippen molar-refractivity contribution < 1.29 is 13.2 Å². The first kappa shape index (κ1) is 13.5. The van der Waals surface area contributed by atoms with Gasteiger partial charge in [-0.2, -0.15) is 0 Å². The van der Waals surface area contributed by atoms with Gasteiger partial charge in [-0.1, -0.05) is 6.07 Å². The SMILES string of the molecule is CS(=O)(=O)N1CC(CCC(=O)C2CC2)c2cccnc21. The summed E-state index contributed by atoms with van der Waals surface area (Å²) in [7, 11) is -3.31. The largest absolute Gasteiger partial charge is 0.299 e. The summed E-state index contributed by atoms with van der Waals surface area (Å²) in [6.07, 6.45) is 6.10. The molecule has 6 heteroatoms.